The molecule has 3 heterocycles. The maximum atomic E-state index is 13.0. The number of carbonyl (C=O) groups excluding carboxylic acids is 1. The van der Waals surface area contributed by atoms with Gasteiger partial charge in [-0.05, 0) is 47.7 Å². The minimum atomic E-state index is -4.56. The van der Waals surface area contributed by atoms with Crippen LogP contribution in [0.5, 0.6) is 5.75 Å². The molecule has 0 bridgehead atoms. The van der Waals surface area contributed by atoms with E-state index in [1.54, 1.807) is 6.20 Å². The number of halogens is 4. The lowest BCUT2D eigenvalue weighted by Crippen LogP contribution is -2.26. The van der Waals surface area contributed by atoms with E-state index in [2.05, 4.69) is 24.1 Å². The van der Waals surface area contributed by atoms with Crippen molar-refractivity contribution in [3.8, 4) is 16.2 Å². The molecule has 0 aliphatic carbocycles. The summed E-state index contributed by atoms with van der Waals surface area (Å²) in [6.45, 7) is 1.17. The number of hydrogen-bond acceptors (Lipinski definition) is 7. The van der Waals surface area contributed by atoms with E-state index in [4.69, 9.17) is 4.74 Å². The number of ether oxygens (including phenoxy) is 1. The average Bonchev–Trinajstić information content (AvgIpc) is 3.44. The van der Waals surface area contributed by atoms with E-state index in [0.717, 1.165) is 21.1 Å². The normalized spacial score (nSPS) is 14.0. The van der Waals surface area contributed by atoms with Crippen molar-refractivity contribution in [1.29, 1.82) is 0 Å². The Kier molecular flexibility index (Phi) is 7.57. The summed E-state index contributed by atoms with van der Waals surface area (Å²) < 4.78 is 47.1. The molecule has 0 saturated heterocycles. The maximum Gasteiger partial charge on any atom is 0.437 e. The third-order valence-corrected chi connectivity index (χ3v) is 7.27. The Labute approximate surface area is 212 Å². The first kappa shape index (κ1) is 24.7. The first-order valence-corrected chi connectivity index (χ1v) is 12.3. The predicted octanol–water partition coefficient (Wildman–Crippen LogP) is 4.83. The number of hydrogen-bond donors (Lipinski definition) is 3. The number of benzene rings is 1. The van der Waals surface area contributed by atoms with Crippen LogP contribution >= 0.6 is 34.2 Å². The van der Waals surface area contributed by atoms with Gasteiger partial charge in [-0.2, -0.15) is 13.2 Å². The zero-order valence-electron chi connectivity index (χ0n) is 18.0. The molecular weight excluding hydrogens is 582 g/mol. The van der Waals surface area contributed by atoms with Crippen molar-refractivity contribution in [1.82, 2.24) is 18.8 Å². The van der Waals surface area contributed by atoms with E-state index in [1.165, 1.54) is 30.7 Å². The Morgan fingerprint density at radius 2 is 2.09 bits per heavy atom. The zero-order chi connectivity index (χ0) is 24.3. The number of nitrogens with one attached hydrogen (secondary N) is 3. The molecule has 0 fully saturated rings. The summed E-state index contributed by atoms with van der Waals surface area (Å²) in [5.41, 5.74) is 2.34. The van der Waals surface area contributed by atoms with Crippen molar-refractivity contribution in [2.75, 3.05) is 19.0 Å². The van der Waals surface area contributed by atoms with Gasteiger partial charge in [0.2, 0.25) is 0 Å². The largest absolute Gasteiger partial charge is 0.494 e. The van der Waals surface area contributed by atoms with Gasteiger partial charge in [0, 0.05) is 60.0 Å². The predicted molar refractivity (Wildman–Crippen MR) is 132 cm³/mol. The van der Waals surface area contributed by atoms with E-state index >= 15 is 0 Å². The lowest BCUT2D eigenvalue weighted by Gasteiger charge is -2.17. The fourth-order valence-corrected chi connectivity index (χ4v) is 5.04. The number of carbonyl (C=O) groups is 1. The molecule has 180 valence electrons. The smallest absolute Gasteiger partial charge is 0.437 e. The Bertz CT molecular complexity index is 1190. The molecule has 1 aliphatic heterocycles. The third-order valence-electron chi connectivity index (χ3n) is 5.38. The van der Waals surface area contributed by atoms with Crippen LogP contribution in [0.4, 0.5) is 18.3 Å². The molecule has 3 aromatic rings. The van der Waals surface area contributed by atoms with E-state index in [0.29, 0.717) is 37.1 Å². The Balaban J connectivity index is 1.33. The number of methoxy groups -OCH3 is 1. The van der Waals surface area contributed by atoms with Crippen LogP contribution < -0.4 is 18.9 Å². The van der Waals surface area contributed by atoms with Crippen LogP contribution in [0.1, 0.15) is 33.6 Å². The number of pyridine rings is 1. The third kappa shape index (κ3) is 5.61. The highest BCUT2D eigenvalue weighted by atomic mass is 127. The van der Waals surface area contributed by atoms with Crippen molar-refractivity contribution in [3.05, 3.63) is 59.0 Å². The molecule has 2 aromatic heterocycles. The second-order valence-corrected chi connectivity index (χ2v) is 9.36. The van der Waals surface area contributed by atoms with Gasteiger partial charge in [0.05, 0.1) is 12.0 Å². The van der Waals surface area contributed by atoms with E-state index in [-0.39, 0.29) is 17.7 Å². The van der Waals surface area contributed by atoms with Gasteiger partial charge in [0.15, 0.2) is 10.8 Å². The summed E-state index contributed by atoms with van der Waals surface area (Å²) in [6.07, 6.45) is -0.306. The monoisotopic (exact) mass is 603 g/mol. The van der Waals surface area contributed by atoms with Crippen molar-refractivity contribution in [2.24, 2.45) is 0 Å². The summed E-state index contributed by atoms with van der Waals surface area (Å²) in [5, 5.41) is 6.89. The summed E-state index contributed by atoms with van der Waals surface area (Å²) in [6, 6.07) is 7.16. The lowest BCUT2D eigenvalue weighted by atomic mass is 10.0. The van der Waals surface area contributed by atoms with Crippen molar-refractivity contribution in [3.63, 3.8) is 0 Å². The molecule has 1 amide bonds. The highest BCUT2D eigenvalue weighted by molar-refractivity contribution is 14.1. The Morgan fingerprint density at radius 3 is 2.82 bits per heavy atom. The molecule has 4 rings (SSSR count). The fraction of sp³-hybridized carbons (Fsp3) is 0.318. The molecule has 12 heteroatoms. The number of aromatic nitrogens is 2. The van der Waals surface area contributed by atoms with E-state index in [9.17, 15) is 18.0 Å². The molecule has 1 aromatic carbocycles. The Hall–Kier alpha value is -2.45. The van der Waals surface area contributed by atoms with Gasteiger partial charge in [0.25, 0.3) is 5.91 Å². The quantitative estimate of drug-likeness (QED) is 0.240. The highest BCUT2D eigenvalue weighted by Gasteiger charge is 2.36. The molecule has 1 aliphatic rings. The highest BCUT2D eigenvalue weighted by Crippen LogP contribution is 2.35. The number of nitrogens with zero attached hydrogens (tertiary/aromatic N) is 2. The van der Waals surface area contributed by atoms with Crippen LogP contribution in [0.2, 0.25) is 0 Å². The number of alkyl halides is 3. The van der Waals surface area contributed by atoms with Crippen molar-refractivity contribution >= 4 is 45.2 Å². The Morgan fingerprint density at radius 1 is 1.26 bits per heavy atom. The SMILES string of the molecule is COc1cc(CC(CCNc2ncc(-c3ccc4c(c3)CNC4=O)s2)NI)cnc1C(F)(F)F. The first-order valence-electron chi connectivity index (χ1n) is 10.4. The zero-order valence-corrected chi connectivity index (χ0v) is 21.0. The molecule has 7 nitrogen and oxygen atoms in total. The van der Waals surface area contributed by atoms with Crippen LogP contribution in [-0.2, 0) is 19.1 Å². The summed E-state index contributed by atoms with van der Waals surface area (Å²) >= 11 is 3.57. The topological polar surface area (TPSA) is 88.2 Å². The number of fused-ring (bicyclic) bond motifs is 1. The fourth-order valence-electron chi connectivity index (χ4n) is 3.67. The minimum Gasteiger partial charge on any atom is -0.494 e. The van der Waals surface area contributed by atoms with Gasteiger partial charge in [-0.1, -0.05) is 17.4 Å². The average molecular weight is 603 g/mol. The molecular formula is C22H21F3IN5O2S. The minimum absolute atomic E-state index is 0.0116. The lowest BCUT2D eigenvalue weighted by molar-refractivity contribution is -0.142. The van der Waals surface area contributed by atoms with Crippen molar-refractivity contribution in [2.45, 2.75) is 31.6 Å². The van der Waals surface area contributed by atoms with Crippen LogP contribution in [-0.4, -0.2) is 35.6 Å². The molecule has 0 radical (unpaired) electrons. The number of amides is 1. The van der Waals surface area contributed by atoms with Gasteiger partial charge in [-0.25, -0.2) is 9.97 Å². The van der Waals surface area contributed by atoms with Gasteiger partial charge in [-0.3, -0.25) is 8.32 Å². The van der Waals surface area contributed by atoms with Crippen LogP contribution in [0, 0.1) is 0 Å². The second kappa shape index (κ2) is 10.4. The first-order chi connectivity index (χ1) is 16.3. The second-order valence-electron chi connectivity index (χ2n) is 7.70. The molecule has 0 spiro atoms. The van der Waals surface area contributed by atoms with Gasteiger partial charge < -0.3 is 15.4 Å². The number of thiazole rings is 1. The molecule has 0 saturated carbocycles. The van der Waals surface area contributed by atoms with Crippen LogP contribution in [0.15, 0.2) is 36.7 Å². The number of rotatable bonds is 9. The summed E-state index contributed by atoms with van der Waals surface area (Å²) in [7, 11) is 1.20. The van der Waals surface area contributed by atoms with Gasteiger partial charge >= 0.3 is 6.18 Å². The van der Waals surface area contributed by atoms with Crippen LogP contribution in [0.25, 0.3) is 10.4 Å². The molecule has 1 unspecified atom stereocenters. The van der Waals surface area contributed by atoms with Crippen LogP contribution in [0.3, 0.4) is 0 Å². The molecule has 34 heavy (non-hydrogen) atoms. The van der Waals surface area contributed by atoms with Crippen molar-refractivity contribution < 1.29 is 22.7 Å². The molecule has 3 N–H and O–H groups in total. The van der Waals surface area contributed by atoms with Gasteiger partial charge in [-0.15, -0.1) is 0 Å². The van der Waals surface area contributed by atoms with E-state index in [1.807, 2.05) is 41.1 Å². The van der Waals surface area contributed by atoms with E-state index < -0.39 is 11.9 Å². The maximum absolute atomic E-state index is 13.0. The summed E-state index contributed by atoms with van der Waals surface area (Å²) in [5.74, 6) is -0.325. The molecule has 1 atom stereocenters. The van der Waals surface area contributed by atoms with Gasteiger partial charge in [0.1, 0.15) is 5.75 Å². The summed E-state index contributed by atoms with van der Waals surface area (Å²) in [4.78, 5) is 20.7. The standard InChI is InChI=1S/C22H21F3IN5O2S/c1-33-17-7-12(9-28-19(17)22(23,24)25)6-15(31-26)4-5-27-21-30-11-18(34-21)13-2-3-16-14(8-13)10-29-20(16)32/h2-3,7-9,11,15,31H,4-6,10H2,1H3,(H,27,30)(H,29,32). The number of anilines is 1.